The Labute approximate surface area is 250 Å². The van der Waals surface area contributed by atoms with E-state index in [4.69, 9.17) is 11.0 Å². The van der Waals surface area contributed by atoms with Crippen molar-refractivity contribution in [3.63, 3.8) is 0 Å². The highest BCUT2D eigenvalue weighted by Crippen LogP contribution is 2.26. The number of alkyl halides is 3. The Kier molecular flexibility index (Phi) is 9.47. The molecule has 15 heteroatoms. The van der Waals surface area contributed by atoms with E-state index in [-0.39, 0.29) is 41.9 Å². The van der Waals surface area contributed by atoms with Crippen LogP contribution in [0.25, 0.3) is 10.9 Å². The van der Waals surface area contributed by atoms with E-state index < -0.39 is 33.3 Å². The molecule has 0 aliphatic heterocycles. The average Bonchev–Trinajstić information content (AvgIpc) is 3.32. The highest BCUT2D eigenvalue weighted by molar-refractivity contribution is 7.92. The van der Waals surface area contributed by atoms with Crippen LogP contribution in [0.5, 0.6) is 0 Å². The van der Waals surface area contributed by atoms with Gasteiger partial charge in [-0.05, 0) is 60.9 Å². The molecule has 2 atom stereocenters. The summed E-state index contributed by atoms with van der Waals surface area (Å²) in [6, 6.07) is 16.4. The molecule has 0 bridgehead atoms. The van der Waals surface area contributed by atoms with Crippen molar-refractivity contribution in [2.45, 2.75) is 37.5 Å². The summed E-state index contributed by atoms with van der Waals surface area (Å²) >= 11 is 0. The fourth-order valence-electron chi connectivity index (χ4n) is 4.64. The van der Waals surface area contributed by atoms with Crippen LogP contribution in [0.1, 0.15) is 45.8 Å². The first kappa shape index (κ1) is 32.3. The average molecular weight is 631 g/mol. The van der Waals surface area contributed by atoms with Crippen molar-refractivity contribution in [2.75, 3.05) is 23.5 Å². The second kappa shape index (κ2) is 12.9. The Morgan fingerprint density at radius 1 is 1.16 bits per heavy atom. The summed E-state index contributed by atoms with van der Waals surface area (Å²) < 4.78 is 62.4. The van der Waals surface area contributed by atoms with Crippen LogP contribution in [-0.2, 0) is 22.8 Å². The minimum Gasteiger partial charge on any atom is -0.477 e. The molecule has 0 amide bonds. The predicted octanol–water partition coefficient (Wildman–Crippen LogP) is 3.79. The molecule has 2 unspecified atom stereocenters. The van der Waals surface area contributed by atoms with Gasteiger partial charge in [0, 0.05) is 47.5 Å². The number of pyridine rings is 1. The quantitative estimate of drug-likeness (QED) is 0.154. The van der Waals surface area contributed by atoms with Crippen molar-refractivity contribution in [3.05, 3.63) is 88.7 Å². The standard InChI is InChI=1S/C29H29F3N6O5S/c1-17(35-14-26(39)22-10-21(12-33)27(34)36-13-22)7-18-5-6-24-20(8-18)11-25(28(40)41)38(24)15-19-3-2-4-23(9-19)37-16-44(42,43)29(30,31)32/h2-6,8-11,13,17,26,35,37,39H,7,14-16H2,1H3,(H2,34,36)(H,40,41). The summed E-state index contributed by atoms with van der Waals surface area (Å²) in [6.07, 6.45) is 1.04. The molecule has 0 saturated heterocycles. The molecule has 0 radical (unpaired) electrons. The number of aromatic nitrogens is 2. The molecule has 0 aliphatic rings. The van der Waals surface area contributed by atoms with E-state index in [1.165, 1.54) is 36.5 Å². The number of hydrogen-bond acceptors (Lipinski definition) is 9. The molecule has 0 fully saturated rings. The second-order valence-electron chi connectivity index (χ2n) is 10.2. The van der Waals surface area contributed by atoms with E-state index >= 15 is 0 Å². The number of anilines is 2. The maximum Gasteiger partial charge on any atom is 0.499 e. The first-order valence-electron chi connectivity index (χ1n) is 13.2. The summed E-state index contributed by atoms with van der Waals surface area (Å²) in [5.74, 6) is -2.42. The number of aliphatic hydroxyl groups excluding tert-OH is 1. The van der Waals surface area contributed by atoms with Gasteiger partial charge in [0.15, 0.2) is 0 Å². The van der Waals surface area contributed by atoms with Gasteiger partial charge in [-0.1, -0.05) is 18.2 Å². The first-order valence-corrected chi connectivity index (χ1v) is 14.9. The Morgan fingerprint density at radius 2 is 1.91 bits per heavy atom. The number of nitriles is 1. The minimum absolute atomic E-state index is 0.00157. The lowest BCUT2D eigenvalue weighted by molar-refractivity contribution is -0.0433. The van der Waals surface area contributed by atoms with Crippen LogP contribution < -0.4 is 16.4 Å². The zero-order valence-electron chi connectivity index (χ0n) is 23.3. The van der Waals surface area contributed by atoms with Gasteiger partial charge in [-0.15, -0.1) is 0 Å². The van der Waals surface area contributed by atoms with Crippen molar-refractivity contribution in [3.8, 4) is 6.07 Å². The lowest BCUT2D eigenvalue weighted by atomic mass is 10.0. The number of fused-ring (bicyclic) bond motifs is 1. The number of nitrogens with two attached hydrogens (primary N) is 1. The van der Waals surface area contributed by atoms with Crippen LogP contribution in [0.3, 0.4) is 0 Å². The molecule has 2 aromatic carbocycles. The number of aliphatic hydroxyl groups is 1. The summed E-state index contributed by atoms with van der Waals surface area (Å²) in [5, 5.41) is 35.7. The molecule has 6 N–H and O–H groups in total. The van der Waals surface area contributed by atoms with Crippen molar-refractivity contribution in [1.82, 2.24) is 14.9 Å². The monoisotopic (exact) mass is 630 g/mol. The third kappa shape index (κ3) is 7.46. The number of carbonyl (C=O) groups is 1. The number of benzene rings is 2. The molecule has 4 aromatic rings. The van der Waals surface area contributed by atoms with Crippen LogP contribution in [0.2, 0.25) is 0 Å². The Hall–Kier alpha value is -4.65. The normalized spacial score (nSPS) is 13.4. The van der Waals surface area contributed by atoms with Gasteiger partial charge in [0.1, 0.15) is 23.5 Å². The van der Waals surface area contributed by atoms with Gasteiger partial charge in [-0.25, -0.2) is 18.2 Å². The largest absolute Gasteiger partial charge is 0.499 e. The summed E-state index contributed by atoms with van der Waals surface area (Å²) in [5.41, 5.74) is 3.07. The third-order valence-electron chi connectivity index (χ3n) is 6.92. The molecule has 11 nitrogen and oxygen atoms in total. The third-order valence-corrected chi connectivity index (χ3v) is 8.15. The molecule has 2 aromatic heterocycles. The Bertz CT molecular complexity index is 1840. The van der Waals surface area contributed by atoms with Gasteiger partial charge in [0.25, 0.3) is 9.84 Å². The van der Waals surface area contributed by atoms with Crippen LogP contribution >= 0.6 is 0 Å². The molecule has 0 aliphatic carbocycles. The number of nitrogen functional groups attached to an aromatic ring is 1. The number of nitrogens with zero attached hydrogens (tertiary/aromatic N) is 3. The number of sulfone groups is 1. The molecule has 4 rings (SSSR count). The van der Waals surface area contributed by atoms with E-state index in [0.29, 0.717) is 28.5 Å². The number of carboxylic acids is 1. The minimum atomic E-state index is -5.38. The smallest absolute Gasteiger partial charge is 0.477 e. The first-order chi connectivity index (χ1) is 20.7. The number of hydrogen-bond donors (Lipinski definition) is 5. The van der Waals surface area contributed by atoms with Crippen molar-refractivity contribution in [1.29, 1.82) is 5.26 Å². The number of rotatable bonds is 12. The SMILES string of the molecule is CC(Cc1ccc2c(c1)cc(C(=O)O)n2Cc1cccc(NCS(=O)(=O)C(F)(F)F)c1)NCC(O)c1cnc(N)c(C#N)c1. The van der Waals surface area contributed by atoms with Crippen LogP contribution in [0.15, 0.2) is 60.8 Å². The number of halogens is 3. The molecular formula is C29H29F3N6O5S. The molecule has 232 valence electrons. The van der Waals surface area contributed by atoms with Crippen LogP contribution in [0.4, 0.5) is 24.7 Å². The topological polar surface area (TPSA) is 183 Å². The Balaban J connectivity index is 1.46. The summed E-state index contributed by atoms with van der Waals surface area (Å²) in [4.78, 5) is 16.0. The second-order valence-corrected chi connectivity index (χ2v) is 12.2. The van der Waals surface area contributed by atoms with Gasteiger partial charge < -0.3 is 31.1 Å². The van der Waals surface area contributed by atoms with E-state index in [0.717, 1.165) is 5.56 Å². The number of aromatic carboxylic acids is 1. The number of carboxylic acid groups (broad SMARTS) is 1. The summed E-state index contributed by atoms with van der Waals surface area (Å²) in [6.45, 7) is 2.18. The van der Waals surface area contributed by atoms with E-state index in [1.807, 2.05) is 25.1 Å². The lowest BCUT2D eigenvalue weighted by Crippen LogP contribution is -2.32. The van der Waals surface area contributed by atoms with Crippen molar-refractivity contribution >= 4 is 38.2 Å². The van der Waals surface area contributed by atoms with E-state index in [2.05, 4.69) is 15.6 Å². The van der Waals surface area contributed by atoms with Gasteiger partial charge in [0.05, 0.1) is 11.7 Å². The van der Waals surface area contributed by atoms with Crippen LogP contribution in [0, 0.1) is 11.3 Å². The van der Waals surface area contributed by atoms with Crippen molar-refractivity contribution < 1.29 is 36.6 Å². The van der Waals surface area contributed by atoms with Gasteiger partial charge in [-0.3, -0.25) is 0 Å². The molecule has 0 spiro atoms. The maximum absolute atomic E-state index is 12.7. The fraction of sp³-hybridized carbons (Fsp3) is 0.276. The van der Waals surface area contributed by atoms with Gasteiger partial charge in [-0.2, -0.15) is 18.4 Å². The maximum atomic E-state index is 12.7. The molecule has 2 heterocycles. The van der Waals surface area contributed by atoms with E-state index in [1.54, 1.807) is 16.7 Å². The zero-order chi connectivity index (χ0) is 32.2. The van der Waals surface area contributed by atoms with Gasteiger partial charge >= 0.3 is 11.5 Å². The number of nitrogens with one attached hydrogen (secondary N) is 2. The van der Waals surface area contributed by atoms with Gasteiger partial charge in [0.2, 0.25) is 0 Å². The van der Waals surface area contributed by atoms with Crippen LogP contribution in [-0.4, -0.2) is 58.1 Å². The molecular weight excluding hydrogens is 601 g/mol. The predicted molar refractivity (Wildman–Crippen MR) is 157 cm³/mol. The molecule has 0 saturated carbocycles. The fourth-order valence-corrected chi connectivity index (χ4v) is 5.16. The Morgan fingerprint density at radius 3 is 2.59 bits per heavy atom. The molecule has 44 heavy (non-hydrogen) atoms. The zero-order valence-corrected chi connectivity index (χ0v) is 24.2. The van der Waals surface area contributed by atoms with Crippen molar-refractivity contribution in [2.24, 2.45) is 0 Å². The highest BCUT2D eigenvalue weighted by atomic mass is 32.2. The lowest BCUT2D eigenvalue weighted by Gasteiger charge is -2.18. The highest BCUT2D eigenvalue weighted by Gasteiger charge is 2.45. The van der Waals surface area contributed by atoms with E-state index in [9.17, 15) is 36.6 Å². The summed E-state index contributed by atoms with van der Waals surface area (Å²) in [7, 11) is -5.37.